The molecule has 1 aliphatic rings. The molecule has 1 fully saturated rings. The lowest BCUT2D eigenvalue weighted by Crippen LogP contribution is -2.55. The minimum Gasteiger partial charge on any atom is -0.478 e. The van der Waals surface area contributed by atoms with Gasteiger partial charge in [0.25, 0.3) is 0 Å². The predicted molar refractivity (Wildman–Crippen MR) is 69.2 cm³/mol. The molecule has 1 aliphatic heterocycles. The highest BCUT2D eigenvalue weighted by atomic mass is 16.5. The van der Waals surface area contributed by atoms with Gasteiger partial charge in [0.15, 0.2) is 0 Å². The highest BCUT2D eigenvalue weighted by Gasteiger charge is 2.40. The van der Waals surface area contributed by atoms with Gasteiger partial charge in [-0.2, -0.15) is 0 Å². The zero-order valence-corrected chi connectivity index (χ0v) is 10.6. The van der Waals surface area contributed by atoms with E-state index in [0.29, 0.717) is 18.7 Å². The molecular formula is C13H16N2O4. The van der Waals surface area contributed by atoms with Gasteiger partial charge < -0.3 is 20.5 Å². The number of aromatic carboxylic acids is 1. The molecule has 0 saturated carbocycles. The van der Waals surface area contributed by atoms with Gasteiger partial charge in [-0.15, -0.1) is 0 Å². The minimum absolute atomic E-state index is 0.177. The number of benzene rings is 1. The second-order valence-corrected chi connectivity index (χ2v) is 4.67. The molecular weight excluding hydrogens is 248 g/mol. The van der Waals surface area contributed by atoms with E-state index in [1.54, 1.807) is 19.2 Å². The number of ether oxygens (including phenoxy) is 1. The number of nitrogens with zero attached hydrogens (tertiary/aromatic N) is 1. The average molecular weight is 264 g/mol. The van der Waals surface area contributed by atoms with E-state index in [0.717, 1.165) is 0 Å². The molecule has 1 unspecified atom stereocenters. The number of carbonyl (C=O) groups is 2. The van der Waals surface area contributed by atoms with Crippen LogP contribution in [-0.2, 0) is 9.53 Å². The van der Waals surface area contributed by atoms with Crippen molar-refractivity contribution in [2.45, 2.75) is 12.0 Å². The van der Waals surface area contributed by atoms with Crippen molar-refractivity contribution in [1.29, 1.82) is 0 Å². The van der Waals surface area contributed by atoms with Gasteiger partial charge in [0, 0.05) is 19.3 Å². The molecule has 1 aromatic rings. The van der Waals surface area contributed by atoms with E-state index >= 15 is 0 Å². The molecule has 0 aromatic heterocycles. The summed E-state index contributed by atoms with van der Waals surface area (Å²) in [5.41, 5.74) is 5.80. The van der Waals surface area contributed by atoms with Crippen LogP contribution >= 0.6 is 0 Å². The molecule has 3 N–H and O–H groups in total. The third-order valence-corrected chi connectivity index (χ3v) is 3.28. The first-order chi connectivity index (χ1) is 8.94. The molecule has 1 saturated heterocycles. The number of rotatable bonds is 3. The summed E-state index contributed by atoms with van der Waals surface area (Å²) in [6.45, 7) is 0.692. The fourth-order valence-corrected chi connectivity index (χ4v) is 2.03. The normalized spacial score (nSPS) is 22.2. The van der Waals surface area contributed by atoms with Gasteiger partial charge in [0.05, 0.1) is 12.2 Å². The SMILES string of the molecule is CN(C(=O)C1(N)CCOC1)c1ccc(C(=O)O)cc1. The molecule has 0 aliphatic carbocycles. The lowest BCUT2D eigenvalue weighted by Gasteiger charge is -2.27. The molecule has 1 aromatic carbocycles. The summed E-state index contributed by atoms with van der Waals surface area (Å²) >= 11 is 0. The van der Waals surface area contributed by atoms with Crippen molar-refractivity contribution in [1.82, 2.24) is 0 Å². The second-order valence-electron chi connectivity index (χ2n) is 4.67. The Bertz CT molecular complexity index is 492. The van der Waals surface area contributed by atoms with Crippen LogP contribution in [0.1, 0.15) is 16.8 Å². The zero-order valence-electron chi connectivity index (χ0n) is 10.6. The number of anilines is 1. The number of carbonyl (C=O) groups excluding carboxylic acids is 1. The molecule has 2 rings (SSSR count). The summed E-state index contributed by atoms with van der Waals surface area (Å²) in [7, 11) is 1.62. The fraction of sp³-hybridized carbons (Fsp3) is 0.385. The van der Waals surface area contributed by atoms with Crippen molar-refractivity contribution in [2.75, 3.05) is 25.2 Å². The Balaban J connectivity index is 2.17. The fourth-order valence-electron chi connectivity index (χ4n) is 2.03. The van der Waals surface area contributed by atoms with Crippen LogP contribution in [0.15, 0.2) is 24.3 Å². The van der Waals surface area contributed by atoms with Gasteiger partial charge in [-0.3, -0.25) is 4.79 Å². The Labute approximate surface area is 110 Å². The van der Waals surface area contributed by atoms with Crippen LogP contribution in [0, 0.1) is 0 Å². The Morgan fingerprint density at radius 2 is 2.00 bits per heavy atom. The number of likely N-dealkylation sites (N-methyl/N-ethyl adjacent to an activating group) is 1. The number of nitrogens with two attached hydrogens (primary N) is 1. The molecule has 0 spiro atoms. The topological polar surface area (TPSA) is 92.9 Å². The maximum absolute atomic E-state index is 12.3. The summed E-state index contributed by atoms with van der Waals surface area (Å²) in [6, 6.07) is 6.08. The monoisotopic (exact) mass is 264 g/mol. The van der Waals surface area contributed by atoms with Crippen LogP contribution in [0.5, 0.6) is 0 Å². The lowest BCUT2D eigenvalue weighted by atomic mass is 9.98. The van der Waals surface area contributed by atoms with Gasteiger partial charge in [-0.1, -0.05) is 0 Å². The highest BCUT2D eigenvalue weighted by molar-refractivity contribution is 6.00. The molecule has 1 atom stereocenters. The van der Waals surface area contributed by atoms with Gasteiger partial charge in [0.2, 0.25) is 5.91 Å². The first-order valence-electron chi connectivity index (χ1n) is 5.92. The van der Waals surface area contributed by atoms with Gasteiger partial charge in [0.1, 0.15) is 5.54 Å². The Kier molecular flexibility index (Phi) is 3.55. The Morgan fingerprint density at radius 1 is 1.37 bits per heavy atom. The van der Waals surface area contributed by atoms with Crippen LogP contribution in [0.25, 0.3) is 0 Å². The first-order valence-corrected chi connectivity index (χ1v) is 5.92. The summed E-state index contributed by atoms with van der Waals surface area (Å²) in [5.74, 6) is -1.23. The largest absolute Gasteiger partial charge is 0.478 e. The molecule has 102 valence electrons. The van der Waals surface area contributed by atoms with Gasteiger partial charge >= 0.3 is 5.97 Å². The smallest absolute Gasteiger partial charge is 0.335 e. The standard InChI is InChI=1S/C13H16N2O4/c1-15(12(18)13(14)6-7-19-8-13)10-4-2-9(3-5-10)11(16)17/h2-5H,6-8,14H2,1H3,(H,16,17). The van der Waals surface area contributed by atoms with Gasteiger partial charge in [-0.25, -0.2) is 4.79 Å². The molecule has 0 bridgehead atoms. The Hall–Kier alpha value is -1.92. The van der Waals surface area contributed by atoms with E-state index in [1.807, 2.05) is 0 Å². The quantitative estimate of drug-likeness (QED) is 0.827. The molecule has 0 radical (unpaired) electrons. The van der Waals surface area contributed by atoms with Crippen LogP contribution in [0.2, 0.25) is 0 Å². The second kappa shape index (κ2) is 4.99. The molecule has 1 heterocycles. The van der Waals surface area contributed by atoms with E-state index in [1.165, 1.54) is 17.0 Å². The van der Waals surface area contributed by atoms with Crippen LogP contribution in [0.3, 0.4) is 0 Å². The maximum atomic E-state index is 12.3. The van der Waals surface area contributed by atoms with Crippen LogP contribution < -0.4 is 10.6 Å². The number of amides is 1. The number of hydrogen-bond donors (Lipinski definition) is 2. The van der Waals surface area contributed by atoms with E-state index in [2.05, 4.69) is 0 Å². The van der Waals surface area contributed by atoms with E-state index in [-0.39, 0.29) is 18.1 Å². The number of hydrogen-bond acceptors (Lipinski definition) is 4. The number of carboxylic acids is 1. The molecule has 19 heavy (non-hydrogen) atoms. The predicted octanol–water partition coefficient (Wildman–Crippen LogP) is 0.465. The highest BCUT2D eigenvalue weighted by Crippen LogP contribution is 2.22. The minimum atomic E-state index is -1.000. The summed E-state index contributed by atoms with van der Waals surface area (Å²) < 4.78 is 5.17. The van der Waals surface area contributed by atoms with Crippen molar-refractivity contribution >= 4 is 17.6 Å². The summed E-state index contributed by atoms with van der Waals surface area (Å²) in [4.78, 5) is 24.5. The number of carboxylic acid groups (broad SMARTS) is 1. The molecule has 6 heteroatoms. The van der Waals surface area contributed by atoms with Crippen molar-refractivity contribution in [3.05, 3.63) is 29.8 Å². The summed E-state index contributed by atoms with van der Waals surface area (Å²) in [6.07, 6.45) is 0.489. The Morgan fingerprint density at radius 3 is 2.47 bits per heavy atom. The van der Waals surface area contributed by atoms with E-state index < -0.39 is 11.5 Å². The molecule has 1 amide bonds. The van der Waals surface area contributed by atoms with E-state index in [4.69, 9.17) is 15.6 Å². The third-order valence-electron chi connectivity index (χ3n) is 3.28. The average Bonchev–Trinajstić information content (AvgIpc) is 2.85. The molecule has 6 nitrogen and oxygen atoms in total. The van der Waals surface area contributed by atoms with Crippen LogP contribution in [-0.4, -0.2) is 42.8 Å². The van der Waals surface area contributed by atoms with Crippen molar-refractivity contribution in [3.8, 4) is 0 Å². The van der Waals surface area contributed by atoms with Crippen molar-refractivity contribution < 1.29 is 19.4 Å². The third kappa shape index (κ3) is 2.59. The van der Waals surface area contributed by atoms with Crippen molar-refractivity contribution in [2.24, 2.45) is 5.73 Å². The lowest BCUT2D eigenvalue weighted by molar-refractivity contribution is -0.123. The first kappa shape index (κ1) is 13.5. The summed E-state index contributed by atoms with van der Waals surface area (Å²) in [5, 5.41) is 8.82. The zero-order chi connectivity index (χ0) is 14.0. The van der Waals surface area contributed by atoms with Gasteiger partial charge in [-0.05, 0) is 30.7 Å². The van der Waals surface area contributed by atoms with Crippen LogP contribution in [0.4, 0.5) is 5.69 Å². The van der Waals surface area contributed by atoms with E-state index in [9.17, 15) is 9.59 Å². The maximum Gasteiger partial charge on any atom is 0.335 e. The van der Waals surface area contributed by atoms with Crippen molar-refractivity contribution in [3.63, 3.8) is 0 Å².